The molecule has 1 aromatic rings. The standard InChI is InChI=1S/C11H14O3/c1-3-8-5-10-11(14-7-13-10)6-9(8)12-4-2/h5-6H,3-4,7H2,1-2H3. The van der Waals surface area contributed by atoms with Crippen molar-refractivity contribution >= 4 is 0 Å². The van der Waals surface area contributed by atoms with Crippen LogP contribution in [0, 0.1) is 0 Å². The zero-order valence-corrected chi connectivity index (χ0v) is 8.50. The molecule has 0 unspecified atom stereocenters. The molecule has 0 saturated carbocycles. The number of hydrogen-bond donors (Lipinski definition) is 0. The first-order valence-corrected chi connectivity index (χ1v) is 4.90. The summed E-state index contributed by atoms with van der Waals surface area (Å²) in [6.07, 6.45) is 0.936. The lowest BCUT2D eigenvalue weighted by Crippen LogP contribution is -1.95. The first-order chi connectivity index (χ1) is 6.85. The summed E-state index contributed by atoms with van der Waals surface area (Å²) < 4.78 is 16.1. The lowest BCUT2D eigenvalue weighted by molar-refractivity contribution is 0.173. The molecule has 0 fully saturated rings. The molecule has 0 aromatic heterocycles. The van der Waals surface area contributed by atoms with Gasteiger partial charge in [-0.25, -0.2) is 0 Å². The van der Waals surface area contributed by atoms with E-state index >= 15 is 0 Å². The van der Waals surface area contributed by atoms with Gasteiger partial charge in [-0.15, -0.1) is 0 Å². The number of benzene rings is 1. The Morgan fingerprint density at radius 2 is 1.93 bits per heavy atom. The van der Waals surface area contributed by atoms with Gasteiger partial charge in [0.2, 0.25) is 6.79 Å². The van der Waals surface area contributed by atoms with Crippen LogP contribution in [0.15, 0.2) is 12.1 Å². The van der Waals surface area contributed by atoms with Gasteiger partial charge in [-0.3, -0.25) is 0 Å². The third kappa shape index (κ3) is 1.50. The third-order valence-corrected chi connectivity index (χ3v) is 2.24. The van der Waals surface area contributed by atoms with Crippen LogP contribution in [0.1, 0.15) is 19.4 Å². The van der Waals surface area contributed by atoms with Crippen molar-refractivity contribution < 1.29 is 14.2 Å². The van der Waals surface area contributed by atoms with Crippen molar-refractivity contribution in [3.8, 4) is 17.2 Å². The Bertz CT molecular complexity index is 334. The van der Waals surface area contributed by atoms with Gasteiger partial charge in [0, 0.05) is 6.07 Å². The molecule has 3 nitrogen and oxygen atoms in total. The van der Waals surface area contributed by atoms with Gasteiger partial charge in [-0.1, -0.05) is 6.92 Å². The van der Waals surface area contributed by atoms with E-state index in [0.717, 1.165) is 29.2 Å². The Morgan fingerprint density at radius 1 is 1.21 bits per heavy atom. The second kappa shape index (κ2) is 3.78. The first-order valence-electron chi connectivity index (χ1n) is 4.90. The fraction of sp³-hybridized carbons (Fsp3) is 0.455. The molecule has 1 aliphatic heterocycles. The molecule has 0 spiro atoms. The summed E-state index contributed by atoms with van der Waals surface area (Å²) in [7, 11) is 0. The number of ether oxygens (including phenoxy) is 3. The van der Waals surface area contributed by atoms with Crippen LogP contribution in [-0.2, 0) is 6.42 Å². The van der Waals surface area contributed by atoms with Gasteiger partial charge >= 0.3 is 0 Å². The fourth-order valence-electron chi connectivity index (χ4n) is 1.53. The molecule has 0 aliphatic carbocycles. The molecule has 76 valence electrons. The first kappa shape index (κ1) is 9.19. The van der Waals surface area contributed by atoms with Gasteiger partial charge in [0.25, 0.3) is 0 Å². The highest BCUT2D eigenvalue weighted by atomic mass is 16.7. The summed E-state index contributed by atoms with van der Waals surface area (Å²) >= 11 is 0. The summed E-state index contributed by atoms with van der Waals surface area (Å²) in [5, 5.41) is 0. The largest absolute Gasteiger partial charge is 0.493 e. The Morgan fingerprint density at radius 3 is 2.57 bits per heavy atom. The molecule has 0 amide bonds. The number of rotatable bonds is 3. The van der Waals surface area contributed by atoms with Gasteiger partial charge < -0.3 is 14.2 Å². The van der Waals surface area contributed by atoms with Crippen molar-refractivity contribution in [3.05, 3.63) is 17.7 Å². The van der Waals surface area contributed by atoms with Crippen LogP contribution in [0.5, 0.6) is 17.2 Å². The number of fused-ring (bicyclic) bond motifs is 1. The molecule has 0 saturated heterocycles. The Labute approximate surface area is 83.6 Å². The Hall–Kier alpha value is -1.38. The topological polar surface area (TPSA) is 27.7 Å². The predicted octanol–water partition coefficient (Wildman–Crippen LogP) is 2.38. The molecular formula is C11H14O3. The zero-order chi connectivity index (χ0) is 9.97. The van der Waals surface area contributed by atoms with E-state index in [9.17, 15) is 0 Å². The molecule has 2 rings (SSSR count). The molecule has 14 heavy (non-hydrogen) atoms. The van der Waals surface area contributed by atoms with E-state index in [2.05, 4.69) is 6.92 Å². The second-order valence-electron chi connectivity index (χ2n) is 3.10. The van der Waals surface area contributed by atoms with Crippen molar-refractivity contribution in [3.63, 3.8) is 0 Å². The van der Waals surface area contributed by atoms with Gasteiger partial charge in [-0.05, 0) is 25.0 Å². The predicted molar refractivity (Wildman–Crippen MR) is 53.1 cm³/mol. The van der Waals surface area contributed by atoms with E-state index in [0.29, 0.717) is 13.4 Å². The van der Waals surface area contributed by atoms with E-state index in [-0.39, 0.29) is 0 Å². The van der Waals surface area contributed by atoms with Crippen LogP contribution < -0.4 is 14.2 Å². The van der Waals surface area contributed by atoms with E-state index in [4.69, 9.17) is 14.2 Å². The molecular weight excluding hydrogens is 180 g/mol. The average molecular weight is 194 g/mol. The zero-order valence-electron chi connectivity index (χ0n) is 8.50. The van der Waals surface area contributed by atoms with Crippen LogP contribution in [0.3, 0.4) is 0 Å². The van der Waals surface area contributed by atoms with Crippen molar-refractivity contribution in [2.75, 3.05) is 13.4 Å². The molecule has 0 N–H and O–H groups in total. The summed E-state index contributed by atoms with van der Waals surface area (Å²) in [4.78, 5) is 0. The van der Waals surface area contributed by atoms with E-state index in [1.54, 1.807) is 0 Å². The van der Waals surface area contributed by atoms with Crippen LogP contribution in [0.25, 0.3) is 0 Å². The lowest BCUT2D eigenvalue weighted by Gasteiger charge is -2.09. The number of aryl methyl sites for hydroxylation is 1. The van der Waals surface area contributed by atoms with Gasteiger partial charge in [0.15, 0.2) is 11.5 Å². The van der Waals surface area contributed by atoms with Crippen molar-refractivity contribution in [1.29, 1.82) is 0 Å². The molecule has 0 radical (unpaired) electrons. The smallest absolute Gasteiger partial charge is 0.231 e. The second-order valence-corrected chi connectivity index (χ2v) is 3.10. The third-order valence-electron chi connectivity index (χ3n) is 2.24. The normalized spacial score (nSPS) is 13.0. The van der Waals surface area contributed by atoms with Crippen molar-refractivity contribution in [1.82, 2.24) is 0 Å². The minimum Gasteiger partial charge on any atom is -0.493 e. The highest BCUT2D eigenvalue weighted by Crippen LogP contribution is 2.38. The fourth-order valence-corrected chi connectivity index (χ4v) is 1.53. The summed E-state index contributed by atoms with van der Waals surface area (Å²) in [5.41, 5.74) is 1.16. The van der Waals surface area contributed by atoms with Crippen LogP contribution >= 0.6 is 0 Å². The minimum absolute atomic E-state index is 0.314. The molecule has 0 bridgehead atoms. The summed E-state index contributed by atoms with van der Waals surface area (Å²) in [6.45, 7) is 5.06. The molecule has 1 heterocycles. The SMILES string of the molecule is CCOc1cc2c(cc1CC)OCO2. The van der Waals surface area contributed by atoms with Crippen molar-refractivity contribution in [2.24, 2.45) is 0 Å². The van der Waals surface area contributed by atoms with E-state index in [1.165, 1.54) is 0 Å². The van der Waals surface area contributed by atoms with Crippen LogP contribution in [0.4, 0.5) is 0 Å². The highest BCUT2D eigenvalue weighted by molar-refractivity contribution is 5.51. The monoisotopic (exact) mass is 194 g/mol. The van der Waals surface area contributed by atoms with E-state index in [1.807, 2.05) is 19.1 Å². The Balaban J connectivity index is 2.38. The molecule has 3 heteroatoms. The Kier molecular flexibility index (Phi) is 2.48. The molecule has 1 aliphatic rings. The minimum atomic E-state index is 0.314. The highest BCUT2D eigenvalue weighted by Gasteiger charge is 2.16. The van der Waals surface area contributed by atoms with Gasteiger partial charge in [0.1, 0.15) is 5.75 Å². The van der Waals surface area contributed by atoms with Crippen LogP contribution in [-0.4, -0.2) is 13.4 Å². The van der Waals surface area contributed by atoms with Gasteiger partial charge in [0.05, 0.1) is 6.61 Å². The average Bonchev–Trinajstić information content (AvgIpc) is 2.64. The van der Waals surface area contributed by atoms with Crippen molar-refractivity contribution in [2.45, 2.75) is 20.3 Å². The molecule has 1 aromatic carbocycles. The van der Waals surface area contributed by atoms with Gasteiger partial charge in [-0.2, -0.15) is 0 Å². The maximum absolute atomic E-state index is 5.52. The summed E-state index contributed by atoms with van der Waals surface area (Å²) in [5.74, 6) is 2.51. The lowest BCUT2D eigenvalue weighted by atomic mass is 10.1. The maximum atomic E-state index is 5.52. The summed E-state index contributed by atoms with van der Waals surface area (Å²) in [6, 6.07) is 3.90. The number of hydrogen-bond acceptors (Lipinski definition) is 3. The maximum Gasteiger partial charge on any atom is 0.231 e. The quantitative estimate of drug-likeness (QED) is 0.739. The molecule has 0 atom stereocenters. The van der Waals surface area contributed by atoms with Crippen LogP contribution in [0.2, 0.25) is 0 Å². The van der Waals surface area contributed by atoms with E-state index < -0.39 is 0 Å².